The Morgan fingerprint density at radius 1 is 1.39 bits per heavy atom. The van der Waals surface area contributed by atoms with Gasteiger partial charge in [-0.1, -0.05) is 46.1 Å². The molecule has 1 aromatic rings. The Bertz CT molecular complexity index is 462. The van der Waals surface area contributed by atoms with Crippen LogP contribution in [0.5, 0.6) is 0 Å². The van der Waals surface area contributed by atoms with E-state index in [-0.39, 0.29) is 5.82 Å². The van der Waals surface area contributed by atoms with Gasteiger partial charge in [0.1, 0.15) is 5.82 Å². The fourth-order valence-corrected chi connectivity index (χ4v) is 5.13. The molecule has 3 heteroatoms. The number of hydrogen-bond donors (Lipinski definition) is 0. The van der Waals surface area contributed by atoms with Crippen molar-refractivity contribution < 1.29 is 4.39 Å². The molecule has 3 rings (SSSR count). The molecule has 18 heavy (non-hydrogen) atoms. The van der Waals surface area contributed by atoms with Gasteiger partial charge >= 0.3 is 0 Å². The van der Waals surface area contributed by atoms with Crippen LogP contribution in [0.25, 0.3) is 0 Å². The number of halogens is 3. The zero-order valence-corrected chi connectivity index (χ0v) is 12.6. The van der Waals surface area contributed by atoms with Gasteiger partial charge in [-0.25, -0.2) is 4.39 Å². The molecule has 0 aliphatic heterocycles. The van der Waals surface area contributed by atoms with Crippen molar-refractivity contribution in [2.45, 2.75) is 32.1 Å². The summed E-state index contributed by atoms with van der Waals surface area (Å²) in [5.41, 5.74) is 1.28. The topological polar surface area (TPSA) is 0 Å². The van der Waals surface area contributed by atoms with Gasteiger partial charge in [0, 0.05) is 5.33 Å². The van der Waals surface area contributed by atoms with Crippen LogP contribution in [0, 0.1) is 23.1 Å². The van der Waals surface area contributed by atoms with Gasteiger partial charge in [-0.3, -0.25) is 0 Å². The first-order valence-electron chi connectivity index (χ1n) is 6.63. The van der Waals surface area contributed by atoms with Crippen molar-refractivity contribution in [2.24, 2.45) is 17.3 Å². The Kier molecular flexibility index (Phi) is 3.44. The quantitative estimate of drug-likeness (QED) is 0.666. The van der Waals surface area contributed by atoms with Gasteiger partial charge in [-0.05, 0) is 54.6 Å². The van der Waals surface area contributed by atoms with Crippen LogP contribution in [0.1, 0.15) is 31.2 Å². The Morgan fingerprint density at radius 3 is 2.83 bits per heavy atom. The molecule has 0 spiro atoms. The lowest BCUT2D eigenvalue weighted by Gasteiger charge is -2.36. The monoisotopic (exact) mass is 330 g/mol. The normalized spacial score (nSPS) is 34.2. The van der Waals surface area contributed by atoms with E-state index in [4.69, 9.17) is 11.6 Å². The van der Waals surface area contributed by atoms with Crippen molar-refractivity contribution in [3.05, 3.63) is 34.6 Å². The van der Waals surface area contributed by atoms with Crippen LogP contribution in [0.4, 0.5) is 4.39 Å². The smallest absolute Gasteiger partial charge is 0.142 e. The number of rotatable bonds is 3. The van der Waals surface area contributed by atoms with Gasteiger partial charge in [0.15, 0.2) is 0 Å². The number of hydrogen-bond acceptors (Lipinski definition) is 0. The molecule has 2 bridgehead atoms. The maximum Gasteiger partial charge on any atom is 0.142 e. The third kappa shape index (κ3) is 2.02. The van der Waals surface area contributed by atoms with Crippen LogP contribution in [-0.4, -0.2) is 5.33 Å². The lowest BCUT2D eigenvalue weighted by molar-refractivity contribution is 0.197. The van der Waals surface area contributed by atoms with Gasteiger partial charge < -0.3 is 0 Å². The third-order valence-corrected chi connectivity index (χ3v) is 6.48. The van der Waals surface area contributed by atoms with Gasteiger partial charge in [-0.15, -0.1) is 0 Å². The van der Waals surface area contributed by atoms with Crippen LogP contribution < -0.4 is 0 Å². The molecule has 1 aromatic carbocycles. The molecule has 3 atom stereocenters. The van der Waals surface area contributed by atoms with Gasteiger partial charge in [0.05, 0.1) is 5.02 Å². The first kappa shape index (κ1) is 12.9. The third-order valence-electron chi connectivity index (χ3n) is 4.94. The SMILES string of the molecule is Fc1cccc(CC2(CBr)CC3CCC2C3)c1Cl. The molecule has 0 radical (unpaired) electrons. The van der Waals surface area contributed by atoms with Crippen LogP contribution in [0.2, 0.25) is 5.02 Å². The highest BCUT2D eigenvalue weighted by atomic mass is 79.9. The molecule has 2 saturated carbocycles. The second-order valence-electron chi connectivity index (χ2n) is 5.97. The molecule has 98 valence electrons. The molecular formula is C15H17BrClF. The average Bonchev–Trinajstić information content (AvgIpc) is 2.96. The Hall–Kier alpha value is -0.0800. The lowest BCUT2D eigenvalue weighted by atomic mass is 9.71. The molecule has 2 aliphatic rings. The maximum absolute atomic E-state index is 13.5. The van der Waals surface area contributed by atoms with Gasteiger partial charge in [0.2, 0.25) is 0 Å². The summed E-state index contributed by atoms with van der Waals surface area (Å²) < 4.78 is 13.5. The van der Waals surface area contributed by atoms with Crippen LogP contribution in [0.3, 0.4) is 0 Å². The zero-order chi connectivity index (χ0) is 12.8. The summed E-state index contributed by atoms with van der Waals surface area (Å²) in [6, 6.07) is 5.18. The summed E-state index contributed by atoms with van der Waals surface area (Å²) in [5.74, 6) is 1.39. The Balaban J connectivity index is 1.88. The average molecular weight is 332 g/mol. The summed E-state index contributed by atoms with van der Waals surface area (Å²) in [7, 11) is 0. The van der Waals surface area contributed by atoms with Crippen molar-refractivity contribution in [3.63, 3.8) is 0 Å². The van der Waals surface area contributed by atoms with E-state index in [1.54, 1.807) is 6.07 Å². The number of fused-ring (bicyclic) bond motifs is 2. The van der Waals surface area contributed by atoms with Crippen LogP contribution >= 0.6 is 27.5 Å². The molecule has 2 aliphatic carbocycles. The van der Waals surface area contributed by atoms with Crippen molar-refractivity contribution in [1.29, 1.82) is 0 Å². The standard InChI is InChI=1S/C15H17BrClF/c16-9-15(7-10-4-5-12(15)6-10)8-11-2-1-3-13(18)14(11)17/h1-3,10,12H,4-9H2. The van der Waals surface area contributed by atoms with Crippen LogP contribution in [-0.2, 0) is 6.42 Å². The highest BCUT2D eigenvalue weighted by Gasteiger charge is 2.50. The minimum atomic E-state index is -0.290. The molecular weight excluding hydrogens is 315 g/mol. The number of alkyl halides is 1. The van der Waals surface area contributed by atoms with Gasteiger partial charge in [0.25, 0.3) is 0 Å². The summed E-state index contributed by atoms with van der Waals surface area (Å²) in [6.07, 6.45) is 6.27. The molecule has 2 fully saturated rings. The fraction of sp³-hybridized carbons (Fsp3) is 0.600. The van der Waals surface area contributed by atoms with E-state index in [2.05, 4.69) is 15.9 Å². The molecule has 0 nitrogen and oxygen atoms in total. The number of benzene rings is 1. The van der Waals surface area contributed by atoms with Crippen molar-refractivity contribution in [1.82, 2.24) is 0 Å². The molecule has 0 amide bonds. The minimum absolute atomic E-state index is 0.290. The van der Waals surface area contributed by atoms with Crippen molar-refractivity contribution >= 4 is 27.5 Å². The second-order valence-corrected chi connectivity index (χ2v) is 6.90. The van der Waals surface area contributed by atoms with Gasteiger partial charge in [-0.2, -0.15) is 0 Å². The lowest BCUT2D eigenvalue weighted by Crippen LogP contribution is -2.32. The van der Waals surface area contributed by atoms with E-state index >= 15 is 0 Å². The van der Waals surface area contributed by atoms with Crippen molar-refractivity contribution in [3.8, 4) is 0 Å². The van der Waals surface area contributed by atoms with E-state index < -0.39 is 0 Å². The fourth-order valence-electron chi connectivity index (χ4n) is 4.05. The highest BCUT2D eigenvalue weighted by Crippen LogP contribution is 2.58. The highest BCUT2D eigenvalue weighted by molar-refractivity contribution is 9.09. The first-order chi connectivity index (χ1) is 8.64. The summed E-state index contributed by atoms with van der Waals surface area (Å²) in [6.45, 7) is 0. The van der Waals surface area contributed by atoms with Crippen LogP contribution in [0.15, 0.2) is 18.2 Å². The second kappa shape index (κ2) is 4.79. The summed E-state index contributed by atoms with van der Waals surface area (Å²) in [5, 5.41) is 1.33. The Labute approximate surface area is 121 Å². The predicted octanol–water partition coefficient (Wildman–Crippen LogP) is 5.22. The summed E-state index contributed by atoms with van der Waals surface area (Å²) >= 11 is 9.80. The first-order valence-corrected chi connectivity index (χ1v) is 8.13. The van der Waals surface area contributed by atoms with E-state index in [0.717, 1.165) is 29.2 Å². The Morgan fingerprint density at radius 2 is 2.22 bits per heavy atom. The molecule has 0 aromatic heterocycles. The van der Waals surface area contributed by atoms with E-state index in [1.165, 1.54) is 31.7 Å². The largest absolute Gasteiger partial charge is 0.205 e. The molecule has 0 saturated heterocycles. The van der Waals surface area contributed by atoms with E-state index in [1.807, 2.05) is 6.07 Å². The summed E-state index contributed by atoms with van der Waals surface area (Å²) in [4.78, 5) is 0. The predicted molar refractivity (Wildman–Crippen MR) is 76.8 cm³/mol. The van der Waals surface area contributed by atoms with Crippen molar-refractivity contribution in [2.75, 3.05) is 5.33 Å². The van der Waals surface area contributed by atoms with E-state index in [9.17, 15) is 4.39 Å². The minimum Gasteiger partial charge on any atom is -0.205 e. The van der Waals surface area contributed by atoms with E-state index in [0.29, 0.717) is 10.4 Å². The molecule has 0 heterocycles. The molecule has 3 unspecified atom stereocenters. The zero-order valence-electron chi connectivity index (χ0n) is 10.3. The maximum atomic E-state index is 13.5. The molecule has 0 N–H and O–H groups in total.